The SMILES string of the molecule is CCCCCCCCCC(N)Cc1ccccc1C. The topological polar surface area (TPSA) is 26.0 Å². The molecule has 1 atom stereocenters. The molecule has 1 nitrogen and oxygen atoms in total. The molecule has 1 heteroatoms. The third kappa shape index (κ3) is 7.37. The van der Waals surface area contributed by atoms with Gasteiger partial charge in [0.1, 0.15) is 0 Å². The fourth-order valence-electron chi connectivity index (χ4n) is 2.59. The van der Waals surface area contributed by atoms with Crippen molar-refractivity contribution >= 4 is 0 Å². The van der Waals surface area contributed by atoms with Crippen LogP contribution in [0.4, 0.5) is 0 Å². The summed E-state index contributed by atoms with van der Waals surface area (Å²) in [6.07, 6.45) is 11.8. The van der Waals surface area contributed by atoms with Crippen molar-refractivity contribution in [2.24, 2.45) is 5.73 Å². The summed E-state index contributed by atoms with van der Waals surface area (Å²) in [5.74, 6) is 0. The van der Waals surface area contributed by atoms with Gasteiger partial charge >= 0.3 is 0 Å². The highest BCUT2D eigenvalue weighted by molar-refractivity contribution is 5.26. The highest BCUT2D eigenvalue weighted by Gasteiger charge is 2.05. The lowest BCUT2D eigenvalue weighted by Gasteiger charge is -2.13. The van der Waals surface area contributed by atoms with Crippen molar-refractivity contribution < 1.29 is 0 Å². The molecule has 0 saturated carbocycles. The maximum atomic E-state index is 6.24. The van der Waals surface area contributed by atoms with E-state index in [1.807, 2.05) is 0 Å². The van der Waals surface area contributed by atoms with Crippen LogP contribution in [0.1, 0.15) is 69.4 Å². The van der Waals surface area contributed by atoms with Gasteiger partial charge in [-0.1, -0.05) is 76.1 Å². The van der Waals surface area contributed by atoms with Crippen LogP contribution in [0.25, 0.3) is 0 Å². The summed E-state index contributed by atoms with van der Waals surface area (Å²) >= 11 is 0. The second-order valence-corrected chi connectivity index (χ2v) is 5.80. The Kier molecular flexibility index (Phi) is 8.57. The minimum atomic E-state index is 0.330. The van der Waals surface area contributed by atoms with E-state index in [4.69, 9.17) is 5.73 Å². The van der Waals surface area contributed by atoms with Crippen LogP contribution in [0, 0.1) is 6.92 Å². The molecule has 0 bridgehead atoms. The van der Waals surface area contributed by atoms with Gasteiger partial charge in [-0.2, -0.15) is 0 Å². The Bertz CT molecular complexity index is 332. The predicted molar refractivity (Wildman–Crippen MR) is 85.5 cm³/mol. The molecule has 0 aromatic heterocycles. The second kappa shape index (κ2) is 10.0. The first-order valence-electron chi connectivity index (χ1n) is 8.04. The van der Waals surface area contributed by atoms with Gasteiger partial charge in [0.25, 0.3) is 0 Å². The molecule has 0 heterocycles. The minimum absolute atomic E-state index is 0.330. The molecule has 1 aromatic rings. The third-order valence-corrected chi connectivity index (χ3v) is 3.92. The fraction of sp³-hybridized carbons (Fsp3) is 0.667. The van der Waals surface area contributed by atoms with Gasteiger partial charge in [-0.05, 0) is 30.9 Å². The Morgan fingerprint density at radius 3 is 2.26 bits per heavy atom. The summed E-state index contributed by atoms with van der Waals surface area (Å²) in [6, 6.07) is 8.93. The lowest BCUT2D eigenvalue weighted by atomic mass is 9.97. The van der Waals surface area contributed by atoms with Gasteiger partial charge in [-0.15, -0.1) is 0 Å². The zero-order chi connectivity index (χ0) is 13.9. The monoisotopic (exact) mass is 261 g/mol. The van der Waals surface area contributed by atoms with Crippen molar-refractivity contribution in [2.75, 3.05) is 0 Å². The van der Waals surface area contributed by atoms with Gasteiger partial charge in [0, 0.05) is 6.04 Å². The second-order valence-electron chi connectivity index (χ2n) is 5.80. The van der Waals surface area contributed by atoms with Gasteiger partial charge in [0.2, 0.25) is 0 Å². The van der Waals surface area contributed by atoms with Crippen molar-refractivity contribution in [3.05, 3.63) is 35.4 Å². The van der Waals surface area contributed by atoms with Crippen LogP contribution in [-0.4, -0.2) is 6.04 Å². The molecule has 0 fully saturated rings. The van der Waals surface area contributed by atoms with Crippen molar-refractivity contribution in [1.82, 2.24) is 0 Å². The van der Waals surface area contributed by atoms with E-state index in [2.05, 4.69) is 38.1 Å². The number of benzene rings is 1. The van der Waals surface area contributed by atoms with E-state index >= 15 is 0 Å². The minimum Gasteiger partial charge on any atom is -0.327 e. The van der Waals surface area contributed by atoms with Crippen LogP contribution in [0.15, 0.2) is 24.3 Å². The normalized spacial score (nSPS) is 12.6. The number of unbranched alkanes of at least 4 members (excludes halogenated alkanes) is 6. The Morgan fingerprint density at radius 1 is 0.947 bits per heavy atom. The summed E-state index contributed by atoms with van der Waals surface area (Å²) in [4.78, 5) is 0. The third-order valence-electron chi connectivity index (χ3n) is 3.92. The van der Waals surface area contributed by atoms with E-state index in [-0.39, 0.29) is 0 Å². The molecule has 0 radical (unpaired) electrons. The number of rotatable bonds is 10. The van der Waals surface area contributed by atoms with Crippen LogP contribution in [-0.2, 0) is 6.42 Å². The number of hydrogen-bond donors (Lipinski definition) is 1. The average Bonchev–Trinajstić information content (AvgIpc) is 2.40. The molecular weight excluding hydrogens is 230 g/mol. The summed E-state index contributed by atoms with van der Waals surface area (Å²) in [5, 5.41) is 0. The Balaban J connectivity index is 2.08. The lowest BCUT2D eigenvalue weighted by Crippen LogP contribution is -2.23. The molecule has 0 aliphatic rings. The summed E-state index contributed by atoms with van der Waals surface area (Å²) in [7, 11) is 0. The van der Waals surface area contributed by atoms with E-state index in [1.165, 1.54) is 62.5 Å². The maximum Gasteiger partial charge on any atom is 0.00794 e. The molecular formula is C18H31N. The standard InChI is InChI=1S/C18H31N/c1-3-4-5-6-7-8-9-14-18(19)15-17-13-11-10-12-16(17)2/h10-13,18H,3-9,14-15,19H2,1-2H3. The zero-order valence-corrected chi connectivity index (χ0v) is 12.8. The van der Waals surface area contributed by atoms with E-state index in [0.29, 0.717) is 6.04 Å². The van der Waals surface area contributed by atoms with Crippen LogP contribution in [0.5, 0.6) is 0 Å². The average molecular weight is 261 g/mol. The van der Waals surface area contributed by atoms with Crippen LogP contribution >= 0.6 is 0 Å². The molecule has 0 saturated heterocycles. The molecule has 0 amide bonds. The summed E-state index contributed by atoms with van der Waals surface area (Å²) in [6.45, 7) is 4.44. The molecule has 1 aromatic carbocycles. The van der Waals surface area contributed by atoms with Crippen molar-refractivity contribution in [2.45, 2.75) is 77.7 Å². The van der Waals surface area contributed by atoms with E-state index in [0.717, 1.165) is 6.42 Å². The Morgan fingerprint density at radius 2 is 1.58 bits per heavy atom. The highest BCUT2D eigenvalue weighted by atomic mass is 14.6. The zero-order valence-electron chi connectivity index (χ0n) is 12.8. The van der Waals surface area contributed by atoms with Crippen molar-refractivity contribution in [1.29, 1.82) is 0 Å². The van der Waals surface area contributed by atoms with E-state index < -0.39 is 0 Å². The van der Waals surface area contributed by atoms with Crippen LogP contribution < -0.4 is 5.73 Å². The van der Waals surface area contributed by atoms with Gasteiger partial charge in [0.15, 0.2) is 0 Å². The first-order valence-corrected chi connectivity index (χ1v) is 8.04. The van der Waals surface area contributed by atoms with Crippen molar-refractivity contribution in [3.8, 4) is 0 Å². The molecule has 2 N–H and O–H groups in total. The van der Waals surface area contributed by atoms with Crippen LogP contribution in [0.2, 0.25) is 0 Å². The molecule has 108 valence electrons. The highest BCUT2D eigenvalue weighted by Crippen LogP contribution is 2.13. The number of nitrogens with two attached hydrogens (primary N) is 1. The van der Waals surface area contributed by atoms with Crippen LogP contribution in [0.3, 0.4) is 0 Å². The number of hydrogen-bond acceptors (Lipinski definition) is 1. The first kappa shape index (κ1) is 16.2. The Hall–Kier alpha value is -0.820. The van der Waals surface area contributed by atoms with Crippen molar-refractivity contribution in [3.63, 3.8) is 0 Å². The van der Waals surface area contributed by atoms with Gasteiger partial charge in [-0.25, -0.2) is 0 Å². The lowest BCUT2D eigenvalue weighted by molar-refractivity contribution is 0.527. The maximum absolute atomic E-state index is 6.24. The Labute approximate surface area is 119 Å². The first-order chi connectivity index (χ1) is 9.24. The molecule has 1 rings (SSSR count). The molecule has 0 aliphatic heterocycles. The summed E-state index contributed by atoms with van der Waals surface area (Å²) in [5.41, 5.74) is 9.02. The van der Waals surface area contributed by atoms with E-state index in [1.54, 1.807) is 0 Å². The molecule has 0 aliphatic carbocycles. The smallest absolute Gasteiger partial charge is 0.00794 e. The molecule has 0 spiro atoms. The fourth-order valence-corrected chi connectivity index (χ4v) is 2.59. The number of aryl methyl sites for hydroxylation is 1. The van der Waals surface area contributed by atoms with Gasteiger partial charge in [-0.3, -0.25) is 0 Å². The predicted octanol–water partition coefficient (Wildman–Crippen LogP) is 5.01. The molecule has 19 heavy (non-hydrogen) atoms. The van der Waals surface area contributed by atoms with E-state index in [9.17, 15) is 0 Å². The summed E-state index contributed by atoms with van der Waals surface area (Å²) < 4.78 is 0. The quantitative estimate of drug-likeness (QED) is 0.589. The van der Waals surface area contributed by atoms with Gasteiger partial charge < -0.3 is 5.73 Å². The molecule has 1 unspecified atom stereocenters. The van der Waals surface area contributed by atoms with Gasteiger partial charge in [0.05, 0.1) is 0 Å². The largest absolute Gasteiger partial charge is 0.327 e.